The van der Waals surface area contributed by atoms with E-state index in [4.69, 9.17) is 0 Å². The van der Waals surface area contributed by atoms with Crippen molar-refractivity contribution in [3.05, 3.63) is 11.5 Å². The van der Waals surface area contributed by atoms with Crippen LogP contribution in [0.2, 0.25) is 0 Å². The lowest BCUT2D eigenvalue weighted by Crippen LogP contribution is -2.19. The highest BCUT2D eigenvalue weighted by atomic mass is 32.2. The van der Waals surface area contributed by atoms with Crippen LogP contribution >= 0.6 is 0 Å². The predicted octanol–water partition coefficient (Wildman–Crippen LogP) is 0.317. The molecule has 0 aromatic carbocycles. The summed E-state index contributed by atoms with van der Waals surface area (Å²) in [5.41, 5.74) is 0. The van der Waals surface area contributed by atoms with Crippen LogP contribution in [0.1, 0.15) is 6.92 Å². The van der Waals surface area contributed by atoms with Gasteiger partial charge in [0.2, 0.25) is 0 Å². The van der Waals surface area contributed by atoms with E-state index in [-0.39, 0.29) is 5.25 Å². The molecule has 3 heteroatoms. The van der Waals surface area contributed by atoms with E-state index in [0.717, 1.165) is 0 Å². The summed E-state index contributed by atoms with van der Waals surface area (Å²) in [5, 5.41) is 1.00. The number of hydrogen-bond donors (Lipinski definition) is 0. The summed E-state index contributed by atoms with van der Waals surface area (Å²) in [6, 6.07) is 0. The smallest absolute Gasteiger partial charge is 0.177 e. The van der Waals surface area contributed by atoms with Gasteiger partial charge in [0.05, 0.1) is 5.25 Å². The molecular formula is C4H6O2S. The fourth-order valence-corrected chi connectivity index (χ4v) is 1.09. The van der Waals surface area contributed by atoms with Gasteiger partial charge in [-0.05, 0) is 6.92 Å². The Kier molecular flexibility index (Phi) is 0.757. The van der Waals surface area contributed by atoms with Crippen molar-refractivity contribution < 1.29 is 8.42 Å². The molecule has 0 saturated heterocycles. The fraction of sp³-hybridized carbons (Fsp3) is 0.500. The topological polar surface area (TPSA) is 34.1 Å². The first-order chi connectivity index (χ1) is 3.13. The van der Waals surface area contributed by atoms with Crippen LogP contribution in [0.5, 0.6) is 0 Å². The van der Waals surface area contributed by atoms with Crippen molar-refractivity contribution in [2.45, 2.75) is 12.2 Å². The minimum Gasteiger partial charge on any atom is -0.224 e. The molecule has 40 valence electrons. The maximum Gasteiger partial charge on any atom is 0.177 e. The Bertz CT molecular complexity index is 188. The molecule has 0 aromatic rings. The summed E-state index contributed by atoms with van der Waals surface area (Å²) in [7, 11) is -2.74. The Balaban J connectivity index is 3.08. The van der Waals surface area contributed by atoms with Gasteiger partial charge in [0.25, 0.3) is 0 Å². The zero-order valence-corrected chi connectivity index (χ0v) is 4.77. The molecule has 0 radical (unpaired) electrons. The molecule has 2 nitrogen and oxygen atoms in total. The Hall–Kier alpha value is -0.310. The van der Waals surface area contributed by atoms with Crippen molar-refractivity contribution in [3.63, 3.8) is 0 Å². The molecule has 0 saturated carbocycles. The molecule has 0 amide bonds. The van der Waals surface area contributed by atoms with Crippen molar-refractivity contribution in [1.29, 1.82) is 0 Å². The zero-order valence-electron chi connectivity index (χ0n) is 3.96. The quantitative estimate of drug-likeness (QED) is 0.459. The molecule has 1 atom stereocenters. The second-order valence-electron chi connectivity index (χ2n) is 1.62. The largest absolute Gasteiger partial charge is 0.224 e. The fourth-order valence-electron chi connectivity index (χ4n) is 0.364. The molecule has 0 spiro atoms. The highest BCUT2D eigenvalue weighted by molar-refractivity contribution is 7.96. The van der Waals surface area contributed by atoms with Crippen LogP contribution < -0.4 is 0 Å². The normalized spacial score (nSPS) is 34.7. The average Bonchev–Trinajstić information content (AvgIpc) is 1.63. The molecule has 1 aliphatic rings. The molecule has 0 bridgehead atoms. The summed E-state index contributed by atoms with van der Waals surface area (Å²) < 4.78 is 20.7. The standard InChI is InChI=1S/C4H6O2S/c1-4-2-3-7(4,5)6/h2-4H,1H3/t4-/m0/s1. The van der Waals surface area contributed by atoms with Crippen molar-refractivity contribution >= 4 is 9.84 Å². The van der Waals surface area contributed by atoms with E-state index in [1.54, 1.807) is 13.0 Å². The summed E-state index contributed by atoms with van der Waals surface area (Å²) in [4.78, 5) is 0. The van der Waals surface area contributed by atoms with Crippen LogP contribution in [-0.2, 0) is 9.84 Å². The molecule has 0 aromatic heterocycles. The van der Waals surface area contributed by atoms with E-state index < -0.39 is 9.84 Å². The minimum atomic E-state index is -2.74. The number of hydrogen-bond acceptors (Lipinski definition) is 2. The predicted molar refractivity (Wildman–Crippen MR) is 27.5 cm³/mol. The van der Waals surface area contributed by atoms with E-state index in [2.05, 4.69) is 0 Å². The van der Waals surface area contributed by atoms with Gasteiger partial charge in [0.15, 0.2) is 9.84 Å². The molecule has 1 heterocycles. The lowest BCUT2D eigenvalue weighted by Gasteiger charge is -2.10. The Morgan fingerprint density at radius 2 is 2.00 bits per heavy atom. The maximum atomic E-state index is 10.3. The number of sulfone groups is 1. The summed E-state index contributed by atoms with van der Waals surface area (Å²) in [6.07, 6.45) is 1.66. The third-order valence-corrected chi connectivity index (χ3v) is 2.79. The molecule has 0 unspecified atom stereocenters. The highest BCUT2D eigenvalue weighted by Gasteiger charge is 2.22. The lowest BCUT2D eigenvalue weighted by atomic mass is 10.5. The van der Waals surface area contributed by atoms with Crippen molar-refractivity contribution in [3.8, 4) is 0 Å². The van der Waals surface area contributed by atoms with Gasteiger partial charge in [-0.2, -0.15) is 0 Å². The third-order valence-electron chi connectivity index (χ3n) is 1.06. The van der Waals surface area contributed by atoms with Crippen LogP contribution in [0, 0.1) is 0 Å². The summed E-state index contributed by atoms with van der Waals surface area (Å²) in [6.45, 7) is 1.66. The zero-order chi connectivity index (χ0) is 5.49. The van der Waals surface area contributed by atoms with Crippen molar-refractivity contribution in [2.75, 3.05) is 0 Å². The maximum absolute atomic E-state index is 10.3. The summed E-state index contributed by atoms with van der Waals surface area (Å²) >= 11 is 0. The minimum absolute atomic E-state index is 0.229. The van der Waals surface area contributed by atoms with E-state index in [9.17, 15) is 8.42 Å². The van der Waals surface area contributed by atoms with Crippen LogP contribution in [0.4, 0.5) is 0 Å². The van der Waals surface area contributed by atoms with Gasteiger partial charge in [0, 0.05) is 5.41 Å². The van der Waals surface area contributed by atoms with E-state index >= 15 is 0 Å². The average molecular weight is 118 g/mol. The van der Waals surface area contributed by atoms with Crippen LogP contribution in [-0.4, -0.2) is 13.7 Å². The van der Waals surface area contributed by atoms with Gasteiger partial charge in [-0.3, -0.25) is 0 Å². The van der Waals surface area contributed by atoms with E-state index in [0.29, 0.717) is 0 Å². The highest BCUT2D eigenvalue weighted by Crippen LogP contribution is 2.14. The van der Waals surface area contributed by atoms with Gasteiger partial charge < -0.3 is 0 Å². The van der Waals surface area contributed by atoms with Crippen molar-refractivity contribution in [1.82, 2.24) is 0 Å². The first-order valence-electron chi connectivity index (χ1n) is 2.05. The van der Waals surface area contributed by atoms with Gasteiger partial charge in [-0.15, -0.1) is 0 Å². The molecule has 7 heavy (non-hydrogen) atoms. The van der Waals surface area contributed by atoms with E-state index in [1.807, 2.05) is 0 Å². The van der Waals surface area contributed by atoms with Gasteiger partial charge >= 0.3 is 0 Å². The number of rotatable bonds is 0. The Morgan fingerprint density at radius 1 is 1.57 bits per heavy atom. The van der Waals surface area contributed by atoms with Gasteiger partial charge in [0.1, 0.15) is 0 Å². The third kappa shape index (κ3) is 0.567. The van der Waals surface area contributed by atoms with Crippen molar-refractivity contribution in [2.24, 2.45) is 0 Å². The molecule has 0 aliphatic carbocycles. The van der Waals surface area contributed by atoms with Crippen LogP contribution in [0.15, 0.2) is 11.5 Å². The monoisotopic (exact) mass is 118 g/mol. The summed E-state index contributed by atoms with van der Waals surface area (Å²) in [5.74, 6) is 0. The second-order valence-corrected chi connectivity index (χ2v) is 3.82. The first kappa shape index (κ1) is 4.84. The second kappa shape index (κ2) is 1.10. The molecule has 1 aliphatic heterocycles. The SMILES string of the molecule is C[C@H]1C=CS1(=O)=O. The lowest BCUT2D eigenvalue weighted by molar-refractivity contribution is 0.595. The van der Waals surface area contributed by atoms with Gasteiger partial charge in [-0.1, -0.05) is 6.08 Å². The molecule has 1 rings (SSSR count). The van der Waals surface area contributed by atoms with Crippen LogP contribution in [0.3, 0.4) is 0 Å². The first-order valence-corrected chi connectivity index (χ1v) is 3.66. The Labute approximate surface area is 42.8 Å². The molecule has 0 N–H and O–H groups in total. The van der Waals surface area contributed by atoms with E-state index in [1.165, 1.54) is 5.41 Å². The molecular weight excluding hydrogens is 112 g/mol. The molecule has 0 fully saturated rings. The van der Waals surface area contributed by atoms with Crippen LogP contribution in [0.25, 0.3) is 0 Å². The Morgan fingerprint density at radius 3 is 2.00 bits per heavy atom. The van der Waals surface area contributed by atoms with Gasteiger partial charge in [-0.25, -0.2) is 8.42 Å².